The minimum atomic E-state index is -0.934. The summed E-state index contributed by atoms with van der Waals surface area (Å²) >= 11 is 0. The second-order valence-electron chi connectivity index (χ2n) is 4.92. The van der Waals surface area contributed by atoms with Crippen molar-refractivity contribution in [1.82, 2.24) is 0 Å². The first-order valence-corrected chi connectivity index (χ1v) is 5.93. The molecule has 17 heavy (non-hydrogen) atoms. The Morgan fingerprint density at radius 3 is 2.29 bits per heavy atom. The predicted octanol–water partition coefficient (Wildman–Crippen LogP) is 3.34. The van der Waals surface area contributed by atoms with Gasteiger partial charge in [0.05, 0.1) is 5.56 Å². The highest BCUT2D eigenvalue weighted by atomic mass is 16.4. The fourth-order valence-electron chi connectivity index (χ4n) is 1.84. The van der Waals surface area contributed by atoms with Gasteiger partial charge < -0.3 is 10.2 Å². The third-order valence-electron chi connectivity index (χ3n) is 3.44. The smallest absolute Gasteiger partial charge is 0.335 e. The van der Waals surface area contributed by atoms with Crippen LogP contribution in [0.3, 0.4) is 0 Å². The topological polar surface area (TPSA) is 57.5 Å². The van der Waals surface area contributed by atoms with Gasteiger partial charge in [-0.3, -0.25) is 0 Å². The Morgan fingerprint density at radius 1 is 1.29 bits per heavy atom. The molecule has 1 aromatic carbocycles. The molecule has 0 unspecified atom stereocenters. The molecule has 3 nitrogen and oxygen atoms in total. The van der Waals surface area contributed by atoms with E-state index in [1.807, 2.05) is 27.7 Å². The molecule has 1 aromatic rings. The summed E-state index contributed by atoms with van der Waals surface area (Å²) in [6, 6.07) is 3.19. The zero-order chi connectivity index (χ0) is 13.2. The summed E-state index contributed by atoms with van der Waals surface area (Å²) in [7, 11) is 0. The van der Waals surface area contributed by atoms with Crippen LogP contribution in [0, 0.1) is 0 Å². The van der Waals surface area contributed by atoms with Gasteiger partial charge in [-0.05, 0) is 41.5 Å². The molecule has 3 heteroatoms. The molecular formula is C14H20O3. The van der Waals surface area contributed by atoms with Crippen LogP contribution in [0.4, 0.5) is 0 Å². The summed E-state index contributed by atoms with van der Waals surface area (Å²) in [5.41, 5.74) is 1.42. The third kappa shape index (κ3) is 2.60. The maximum absolute atomic E-state index is 11.3. The van der Waals surface area contributed by atoms with Crippen molar-refractivity contribution >= 4 is 5.97 Å². The van der Waals surface area contributed by atoms with Crippen molar-refractivity contribution < 1.29 is 15.0 Å². The van der Waals surface area contributed by atoms with Gasteiger partial charge in [0.1, 0.15) is 5.75 Å². The van der Waals surface area contributed by atoms with E-state index in [2.05, 4.69) is 0 Å². The molecule has 94 valence electrons. The molecule has 0 aliphatic heterocycles. The van der Waals surface area contributed by atoms with Crippen LogP contribution in [0.2, 0.25) is 0 Å². The minimum Gasteiger partial charge on any atom is -0.508 e. The predicted molar refractivity (Wildman–Crippen MR) is 67.8 cm³/mol. The van der Waals surface area contributed by atoms with Crippen molar-refractivity contribution in [3.63, 3.8) is 0 Å². The number of phenolic OH excluding ortho intramolecular Hbond substituents is 1. The summed E-state index contributed by atoms with van der Waals surface area (Å²) in [5.74, 6) is -0.745. The van der Waals surface area contributed by atoms with Crippen LogP contribution in [-0.2, 0) is 11.8 Å². The summed E-state index contributed by atoms with van der Waals surface area (Å²) in [6.45, 7) is 7.88. The molecule has 2 N–H and O–H groups in total. The van der Waals surface area contributed by atoms with E-state index in [9.17, 15) is 15.0 Å². The van der Waals surface area contributed by atoms with E-state index in [1.165, 1.54) is 0 Å². The molecular weight excluding hydrogens is 216 g/mol. The van der Waals surface area contributed by atoms with Crippen molar-refractivity contribution in [2.24, 2.45) is 0 Å². The van der Waals surface area contributed by atoms with Crippen molar-refractivity contribution in [3.8, 4) is 5.75 Å². The molecule has 0 aromatic heterocycles. The van der Waals surface area contributed by atoms with Crippen LogP contribution in [0.25, 0.3) is 0 Å². The van der Waals surface area contributed by atoms with E-state index in [-0.39, 0.29) is 11.2 Å². The first-order valence-electron chi connectivity index (χ1n) is 5.93. The number of carbonyl (C=O) groups is 1. The second kappa shape index (κ2) is 4.78. The van der Waals surface area contributed by atoms with Crippen molar-refractivity contribution in [3.05, 3.63) is 28.8 Å². The highest BCUT2D eigenvalue weighted by Gasteiger charge is 2.25. The number of aryl methyl sites for hydroxylation is 1. The molecule has 0 heterocycles. The molecule has 0 radical (unpaired) electrons. The Balaban J connectivity index is 3.49. The SMILES string of the molecule is CCc1cc(C(=O)O)c(C(C)(C)CC)cc1O. The van der Waals surface area contributed by atoms with Gasteiger partial charge in [-0.25, -0.2) is 4.79 Å². The lowest BCUT2D eigenvalue weighted by Crippen LogP contribution is -2.20. The summed E-state index contributed by atoms with van der Waals surface area (Å²) in [6.07, 6.45) is 1.44. The fourth-order valence-corrected chi connectivity index (χ4v) is 1.84. The number of aromatic carboxylic acids is 1. The van der Waals surface area contributed by atoms with E-state index in [4.69, 9.17) is 0 Å². The third-order valence-corrected chi connectivity index (χ3v) is 3.44. The summed E-state index contributed by atoms with van der Waals surface area (Å²) in [4.78, 5) is 11.3. The van der Waals surface area contributed by atoms with Gasteiger partial charge in [0.15, 0.2) is 0 Å². The molecule has 0 saturated carbocycles. The van der Waals surface area contributed by atoms with Crippen molar-refractivity contribution in [2.45, 2.75) is 46.0 Å². The molecule has 0 saturated heterocycles. The average molecular weight is 236 g/mol. The number of carboxylic acids is 1. The molecule has 0 spiro atoms. The fraction of sp³-hybridized carbons (Fsp3) is 0.500. The van der Waals surface area contributed by atoms with E-state index in [1.54, 1.807) is 12.1 Å². The van der Waals surface area contributed by atoms with Gasteiger partial charge >= 0.3 is 5.97 Å². The van der Waals surface area contributed by atoms with Crippen LogP contribution in [0.5, 0.6) is 5.75 Å². The molecule has 0 fully saturated rings. The summed E-state index contributed by atoms with van der Waals surface area (Å²) < 4.78 is 0. The lowest BCUT2D eigenvalue weighted by molar-refractivity contribution is 0.0693. The quantitative estimate of drug-likeness (QED) is 0.843. The van der Waals surface area contributed by atoms with Gasteiger partial charge in [0.2, 0.25) is 0 Å². The van der Waals surface area contributed by atoms with Gasteiger partial charge in [-0.2, -0.15) is 0 Å². The van der Waals surface area contributed by atoms with Gasteiger partial charge in [0, 0.05) is 0 Å². The lowest BCUT2D eigenvalue weighted by Gasteiger charge is -2.26. The molecule has 0 bridgehead atoms. The van der Waals surface area contributed by atoms with Gasteiger partial charge in [-0.1, -0.05) is 27.7 Å². The molecule has 0 amide bonds. The first kappa shape index (κ1) is 13.6. The number of aromatic hydroxyl groups is 1. The van der Waals surface area contributed by atoms with E-state index in [0.29, 0.717) is 23.1 Å². The minimum absolute atomic E-state index is 0.189. The number of carboxylic acid groups (broad SMARTS) is 1. The van der Waals surface area contributed by atoms with Gasteiger partial charge in [0.25, 0.3) is 0 Å². The largest absolute Gasteiger partial charge is 0.508 e. The number of hydrogen-bond donors (Lipinski definition) is 2. The monoisotopic (exact) mass is 236 g/mol. The number of phenols is 1. The Hall–Kier alpha value is -1.51. The second-order valence-corrected chi connectivity index (χ2v) is 4.92. The Morgan fingerprint density at radius 2 is 1.88 bits per heavy atom. The number of rotatable bonds is 4. The average Bonchev–Trinajstić information content (AvgIpc) is 2.28. The van der Waals surface area contributed by atoms with E-state index >= 15 is 0 Å². The Kier molecular flexibility index (Phi) is 3.81. The van der Waals surface area contributed by atoms with Crippen LogP contribution >= 0.6 is 0 Å². The highest BCUT2D eigenvalue weighted by Crippen LogP contribution is 2.34. The zero-order valence-electron chi connectivity index (χ0n) is 10.9. The zero-order valence-corrected chi connectivity index (χ0v) is 10.9. The Bertz CT molecular complexity index is 433. The van der Waals surface area contributed by atoms with Crippen LogP contribution in [0.15, 0.2) is 12.1 Å². The summed E-state index contributed by atoms with van der Waals surface area (Å²) in [5, 5.41) is 19.1. The van der Waals surface area contributed by atoms with Gasteiger partial charge in [-0.15, -0.1) is 0 Å². The lowest BCUT2D eigenvalue weighted by atomic mass is 9.79. The Labute approximate surface area is 102 Å². The van der Waals surface area contributed by atoms with Crippen LogP contribution < -0.4 is 0 Å². The molecule has 0 atom stereocenters. The van der Waals surface area contributed by atoms with Crippen molar-refractivity contribution in [2.75, 3.05) is 0 Å². The maximum atomic E-state index is 11.3. The maximum Gasteiger partial charge on any atom is 0.335 e. The van der Waals surface area contributed by atoms with Crippen molar-refractivity contribution in [1.29, 1.82) is 0 Å². The van der Waals surface area contributed by atoms with Crippen LogP contribution in [0.1, 0.15) is 55.6 Å². The van der Waals surface area contributed by atoms with Crippen LogP contribution in [-0.4, -0.2) is 16.2 Å². The van der Waals surface area contributed by atoms with E-state index in [0.717, 1.165) is 6.42 Å². The first-order chi connectivity index (χ1) is 7.83. The molecule has 1 rings (SSSR count). The normalized spacial score (nSPS) is 11.5. The number of benzene rings is 1. The van der Waals surface area contributed by atoms with E-state index < -0.39 is 5.97 Å². The standard InChI is InChI=1S/C14H20O3/c1-5-9-7-10(13(16)17)11(8-12(9)15)14(3,4)6-2/h7-8,15H,5-6H2,1-4H3,(H,16,17). The highest BCUT2D eigenvalue weighted by molar-refractivity contribution is 5.90. The molecule has 0 aliphatic rings. The molecule has 0 aliphatic carbocycles. The number of hydrogen-bond acceptors (Lipinski definition) is 2.